The Kier molecular flexibility index (Phi) is 22.1. The maximum atomic E-state index is 17.3. The summed E-state index contributed by atoms with van der Waals surface area (Å²) in [5.74, 6) is 0.928. The molecule has 0 spiro atoms. The molecule has 2 fully saturated rings. The number of pyridine rings is 1. The molecule has 3 aromatic rings. The summed E-state index contributed by atoms with van der Waals surface area (Å²) in [4.78, 5) is 16.0. The van der Waals surface area contributed by atoms with Crippen LogP contribution in [0.4, 0.5) is 23.5 Å². The predicted octanol–water partition coefficient (Wildman–Crippen LogP) is 11.0. The molecule has 3 aliphatic rings. The van der Waals surface area contributed by atoms with Gasteiger partial charge in [0.05, 0.1) is 23.7 Å². The van der Waals surface area contributed by atoms with Crippen LogP contribution in [0.3, 0.4) is 0 Å². The standard InChI is InChI=1S/C37H46F4N4O.C2H6.CH4S.3Sm/c1-22-18-36(4,5)19-28-29(22)30(23-10-14-35(2,3)15-11-23)31(32(38)24-6-8-26(9-7-24)37(39,40)41)33(44-28)25-12-16-45(17-13-25)34-42-20-27(46)21-43-34;2*1-2;;;/h6-9,20-23,25,32,46H,10-19H2,1-5H3;1-2H3;2H,1H3;;;/p-1. The van der Waals surface area contributed by atoms with Gasteiger partial charge in [-0.15, -0.1) is 0 Å². The van der Waals surface area contributed by atoms with Crippen LogP contribution >= 0.6 is 0 Å². The maximum absolute atomic E-state index is 17.3. The molecule has 2 aromatic heterocycles. The molecule has 1 aromatic carbocycles. The van der Waals surface area contributed by atoms with Crippen LogP contribution in [0.15, 0.2) is 36.7 Å². The molecule has 0 bridgehead atoms. The van der Waals surface area contributed by atoms with Crippen LogP contribution in [0, 0.1) is 132 Å². The zero-order valence-electron chi connectivity index (χ0n) is 32.2. The number of aromatic nitrogens is 3. The van der Waals surface area contributed by atoms with E-state index in [0.29, 0.717) is 24.6 Å². The second-order valence-corrected chi connectivity index (χ2v) is 15.6. The smallest absolute Gasteiger partial charge is 0.416 e. The number of nitrogens with zero attached hydrogens (tertiary/aromatic N) is 4. The molecule has 1 saturated heterocycles. The van der Waals surface area contributed by atoms with Crippen molar-refractivity contribution in [2.24, 2.45) is 10.8 Å². The number of aromatic hydroxyl groups is 1. The first-order valence-electron chi connectivity index (χ1n) is 18.2. The normalized spacial score (nSPS) is 20.0. The van der Waals surface area contributed by atoms with E-state index in [0.717, 1.165) is 80.5 Å². The maximum Gasteiger partial charge on any atom is 0.416 e. The van der Waals surface area contributed by atoms with Gasteiger partial charge < -0.3 is 22.6 Å². The van der Waals surface area contributed by atoms with E-state index >= 15 is 4.39 Å². The van der Waals surface area contributed by atoms with Gasteiger partial charge in [0.1, 0.15) is 0 Å². The van der Waals surface area contributed by atoms with Gasteiger partial charge in [0.15, 0.2) is 11.9 Å². The third-order valence-corrected chi connectivity index (χ3v) is 10.7. The van der Waals surface area contributed by atoms with Crippen LogP contribution in [0.1, 0.15) is 157 Å². The van der Waals surface area contributed by atoms with Gasteiger partial charge in [-0.3, -0.25) is 4.98 Å². The number of anilines is 1. The van der Waals surface area contributed by atoms with Crippen LogP contribution in [0.25, 0.3) is 0 Å². The summed E-state index contributed by atoms with van der Waals surface area (Å²) in [6, 6.07) is 4.61. The number of alkyl halides is 4. The van der Waals surface area contributed by atoms with E-state index < -0.39 is 17.9 Å². The molecule has 2 atom stereocenters. The first kappa shape index (κ1) is 52.2. The van der Waals surface area contributed by atoms with Crippen molar-refractivity contribution < 1.29 is 144 Å². The Balaban J connectivity index is 0.00000194. The molecule has 1 N–H and O–H groups in total. The number of fused-ring (bicyclic) bond motifs is 1. The average Bonchev–Trinajstić information content (AvgIpc) is 3.08. The largest absolute Gasteiger partial charge is 0.796 e. The van der Waals surface area contributed by atoms with Crippen molar-refractivity contribution in [2.75, 3.05) is 24.2 Å². The van der Waals surface area contributed by atoms with Gasteiger partial charge in [-0.2, -0.15) is 19.4 Å². The van der Waals surface area contributed by atoms with Crippen molar-refractivity contribution in [3.05, 3.63) is 75.9 Å². The quantitative estimate of drug-likeness (QED) is 0.203. The topological polar surface area (TPSA) is 62.1 Å². The van der Waals surface area contributed by atoms with Gasteiger partial charge in [-0.1, -0.05) is 60.6 Å². The van der Waals surface area contributed by atoms with E-state index in [4.69, 9.17) is 4.98 Å². The molecule has 6 rings (SSSR count). The SMILES string of the molecule is CC.CC1CC(C)(C)Cc2nc(C3CCN(c4ncc(O)cn4)CC3)c(C(F)c3ccc(C(F)(F)F)cc3)c(C3CCC(C)(C)CC3)c21.C[S-].[Sm].[Sm].[Sm]. The number of piperidine rings is 1. The molecular formula is C40H55F4N4OSSm3-. The van der Waals surface area contributed by atoms with Crippen molar-refractivity contribution in [3.63, 3.8) is 0 Å². The Bertz CT molecular complexity index is 1560. The number of benzene rings is 1. The van der Waals surface area contributed by atoms with Crippen LogP contribution in [-0.4, -0.2) is 39.4 Å². The Hall–Kier alpha value is 1.13. The summed E-state index contributed by atoms with van der Waals surface area (Å²) in [6.45, 7) is 16.7. The van der Waals surface area contributed by atoms with Gasteiger partial charge in [-0.05, 0) is 103 Å². The van der Waals surface area contributed by atoms with Gasteiger partial charge in [0.25, 0.3) is 0 Å². The summed E-state index contributed by atoms with van der Waals surface area (Å²) in [7, 11) is 0. The molecule has 3 heterocycles. The summed E-state index contributed by atoms with van der Waals surface area (Å²) in [5.41, 5.74) is 4.50. The predicted molar refractivity (Wildman–Crippen MR) is 197 cm³/mol. The number of hydrogen-bond donors (Lipinski definition) is 1. The number of hydrogen-bond acceptors (Lipinski definition) is 6. The third-order valence-electron chi connectivity index (χ3n) is 10.7. The molecule has 294 valence electrons. The van der Waals surface area contributed by atoms with Gasteiger partial charge in [-0.25, -0.2) is 14.4 Å². The van der Waals surface area contributed by atoms with Crippen molar-refractivity contribution in [2.45, 2.75) is 130 Å². The van der Waals surface area contributed by atoms with Gasteiger partial charge in [0.2, 0.25) is 5.95 Å². The van der Waals surface area contributed by atoms with Crippen LogP contribution in [-0.2, 0) is 25.2 Å². The summed E-state index contributed by atoms with van der Waals surface area (Å²) >= 11 is 4.08. The Labute approximate surface area is 418 Å². The molecule has 1 aliphatic heterocycles. The Morgan fingerprint density at radius 3 is 1.87 bits per heavy atom. The molecule has 2 unspecified atom stereocenters. The third kappa shape index (κ3) is 13.1. The molecule has 53 heavy (non-hydrogen) atoms. The Morgan fingerprint density at radius 1 is 0.830 bits per heavy atom. The van der Waals surface area contributed by atoms with Crippen molar-refractivity contribution in [3.8, 4) is 5.75 Å². The molecule has 0 amide bonds. The van der Waals surface area contributed by atoms with Crippen LogP contribution in [0.2, 0.25) is 0 Å². The van der Waals surface area contributed by atoms with Crippen molar-refractivity contribution in [1.29, 1.82) is 0 Å². The summed E-state index contributed by atoms with van der Waals surface area (Å²) < 4.78 is 57.7. The molecule has 5 nitrogen and oxygen atoms in total. The molecule has 13 heteroatoms. The summed E-state index contributed by atoms with van der Waals surface area (Å²) in [5, 5.41) is 9.65. The monoisotopic (exact) mass is 1170 g/mol. The van der Waals surface area contributed by atoms with Crippen molar-refractivity contribution >= 4 is 18.6 Å². The minimum atomic E-state index is -4.49. The van der Waals surface area contributed by atoms with E-state index in [1.807, 2.05) is 13.8 Å². The van der Waals surface area contributed by atoms with Crippen LogP contribution in [0.5, 0.6) is 5.75 Å². The Morgan fingerprint density at radius 2 is 1.36 bits per heavy atom. The molecule has 1 saturated carbocycles. The summed E-state index contributed by atoms with van der Waals surface area (Å²) in [6.07, 6.45) is 5.54. The van der Waals surface area contributed by atoms with E-state index in [1.165, 1.54) is 30.1 Å². The zero-order chi connectivity index (χ0) is 37.0. The fourth-order valence-electron chi connectivity index (χ4n) is 8.39. The molecular weight excluding hydrogens is 1110 g/mol. The van der Waals surface area contributed by atoms with E-state index in [-0.39, 0.29) is 161 Å². The fourth-order valence-corrected chi connectivity index (χ4v) is 8.39. The number of halogens is 4. The van der Waals surface area contributed by atoms with Crippen molar-refractivity contribution in [1.82, 2.24) is 15.0 Å². The van der Waals surface area contributed by atoms with E-state index in [2.05, 4.69) is 62.1 Å². The first-order chi connectivity index (χ1) is 23.6. The molecule has 0 radical (unpaired) electrons. The zero-order valence-corrected chi connectivity index (χ0v) is 40.9. The average molecular weight is 1170 g/mol. The van der Waals surface area contributed by atoms with Gasteiger partial charge in [0, 0.05) is 151 Å². The first-order valence-corrected chi connectivity index (χ1v) is 19.0. The second kappa shape index (κ2) is 22.5. The van der Waals surface area contributed by atoms with E-state index in [9.17, 15) is 18.3 Å². The van der Waals surface area contributed by atoms with Crippen LogP contribution < -0.4 is 4.90 Å². The minimum absolute atomic E-state index is 0. The second-order valence-electron chi connectivity index (χ2n) is 15.6. The van der Waals surface area contributed by atoms with E-state index in [1.54, 1.807) is 6.26 Å². The molecule has 2 aliphatic carbocycles. The fraction of sp³-hybridized carbons (Fsp3) is 0.625. The minimum Gasteiger partial charge on any atom is -0.796 e. The van der Waals surface area contributed by atoms with Gasteiger partial charge >= 0.3 is 6.18 Å². The number of rotatable bonds is 5.